The SMILES string of the molecule is Nc1cc(Br)ccc1NC(=O)c1ccc(-c2ccccc2F)o1. The fourth-order valence-corrected chi connectivity index (χ4v) is 2.48. The van der Waals surface area contributed by atoms with Crippen LogP contribution in [0.15, 0.2) is 63.5 Å². The van der Waals surface area contributed by atoms with Gasteiger partial charge in [-0.1, -0.05) is 28.1 Å². The van der Waals surface area contributed by atoms with Crippen molar-refractivity contribution in [3.63, 3.8) is 0 Å². The van der Waals surface area contributed by atoms with Gasteiger partial charge in [0.25, 0.3) is 5.91 Å². The Morgan fingerprint density at radius 2 is 1.91 bits per heavy atom. The molecule has 2 aromatic carbocycles. The predicted octanol–water partition coefficient (Wildman–Crippen LogP) is 4.68. The Hall–Kier alpha value is -2.60. The van der Waals surface area contributed by atoms with Crippen LogP contribution < -0.4 is 11.1 Å². The van der Waals surface area contributed by atoms with E-state index in [2.05, 4.69) is 21.2 Å². The van der Waals surface area contributed by atoms with Crippen molar-refractivity contribution in [3.8, 4) is 11.3 Å². The van der Waals surface area contributed by atoms with Crippen molar-refractivity contribution in [2.24, 2.45) is 0 Å². The Morgan fingerprint density at radius 1 is 1.13 bits per heavy atom. The van der Waals surface area contributed by atoms with Crippen molar-refractivity contribution < 1.29 is 13.6 Å². The van der Waals surface area contributed by atoms with Crippen LogP contribution in [0.1, 0.15) is 10.6 Å². The van der Waals surface area contributed by atoms with Crippen LogP contribution in [0.4, 0.5) is 15.8 Å². The third-order valence-electron chi connectivity index (χ3n) is 3.23. The standard InChI is InChI=1S/C17H12BrFN2O2/c18-10-5-6-14(13(20)9-10)21-17(22)16-8-7-15(23-16)11-3-1-2-4-12(11)19/h1-9H,20H2,(H,21,22). The first-order valence-corrected chi connectivity index (χ1v) is 7.55. The number of halogens is 2. The summed E-state index contributed by atoms with van der Waals surface area (Å²) in [4.78, 5) is 12.2. The number of nitrogen functional groups attached to an aromatic ring is 1. The Kier molecular flexibility index (Phi) is 4.16. The molecule has 6 heteroatoms. The quantitative estimate of drug-likeness (QED) is 0.653. The number of amides is 1. The summed E-state index contributed by atoms with van der Waals surface area (Å²) >= 11 is 3.30. The molecule has 3 aromatic rings. The number of carbonyl (C=O) groups excluding carboxylic acids is 1. The van der Waals surface area contributed by atoms with Gasteiger partial charge in [0.05, 0.1) is 16.9 Å². The lowest BCUT2D eigenvalue weighted by atomic mass is 10.1. The number of nitrogens with two attached hydrogens (primary N) is 1. The molecule has 0 atom stereocenters. The van der Waals surface area contributed by atoms with E-state index in [1.54, 1.807) is 42.5 Å². The summed E-state index contributed by atoms with van der Waals surface area (Å²) in [5.74, 6) is -0.504. The maximum Gasteiger partial charge on any atom is 0.291 e. The monoisotopic (exact) mass is 374 g/mol. The molecule has 1 aromatic heterocycles. The molecular formula is C17H12BrFN2O2. The number of hydrogen-bond acceptors (Lipinski definition) is 3. The summed E-state index contributed by atoms with van der Waals surface area (Å²) in [7, 11) is 0. The van der Waals surface area contributed by atoms with E-state index in [4.69, 9.17) is 10.2 Å². The molecule has 1 amide bonds. The molecular weight excluding hydrogens is 363 g/mol. The summed E-state index contributed by atoms with van der Waals surface area (Å²) in [6.45, 7) is 0. The predicted molar refractivity (Wildman–Crippen MR) is 90.6 cm³/mol. The van der Waals surface area contributed by atoms with Crippen molar-refractivity contribution in [2.75, 3.05) is 11.1 Å². The molecule has 3 N–H and O–H groups in total. The number of hydrogen-bond donors (Lipinski definition) is 2. The van der Waals surface area contributed by atoms with Crippen LogP contribution in [-0.4, -0.2) is 5.91 Å². The Bertz CT molecular complexity index is 877. The van der Waals surface area contributed by atoms with Gasteiger partial charge in [0.15, 0.2) is 5.76 Å². The minimum Gasteiger partial charge on any atom is -0.451 e. The van der Waals surface area contributed by atoms with E-state index in [1.807, 2.05) is 0 Å². The van der Waals surface area contributed by atoms with E-state index >= 15 is 0 Å². The maximum absolute atomic E-state index is 13.7. The zero-order chi connectivity index (χ0) is 16.4. The fourth-order valence-electron chi connectivity index (χ4n) is 2.10. The lowest BCUT2D eigenvalue weighted by Gasteiger charge is -2.07. The molecule has 116 valence electrons. The molecule has 1 heterocycles. The Labute approximate surface area is 140 Å². The number of carbonyl (C=O) groups is 1. The minimum absolute atomic E-state index is 0.0746. The van der Waals surface area contributed by atoms with Crippen LogP contribution in [0.5, 0.6) is 0 Å². The Balaban J connectivity index is 1.83. The number of anilines is 2. The second kappa shape index (κ2) is 6.26. The molecule has 0 aliphatic heterocycles. The van der Waals surface area contributed by atoms with Crippen LogP contribution in [0.25, 0.3) is 11.3 Å². The molecule has 3 rings (SSSR count). The van der Waals surface area contributed by atoms with Gasteiger partial charge in [-0.2, -0.15) is 0 Å². The molecule has 0 aliphatic rings. The van der Waals surface area contributed by atoms with Gasteiger partial charge >= 0.3 is 0 Å². The highest BCUT2D eigenvalue weighted by Crippen LogP contribution is 2.27. The molecule has 0 fully saturated rings. The first-order chi connectivity index (χ1) is 11.0. The van der Waals surface area contributed by atoms with Crippen molar-refractivity contribution in [2.45, 2.75) is 0 Å². The topological polar surface area (TPSA) is 68.3 Å². The molecule has 0 radical (unpaired) electrons. The second-order valence-electron chi connectivity index (χ2n) is 4.83. The van der Waals surface area contributed by atoms with E-state index in [1.165, 1.54) is 12.1 Å². The highest BCUT2D eigenvalue weighted by atomic mass is 79.9. The number of benzene rings is 2. The Morgan fingerprint density at radius 3 is 2.65 bits per heavy atom. The van der Waals surface area contributed by atoms with Gasteiger partial charge in [0.2, 0.25) is 0 Å². The van der Waals surface area contributed by atoms with Crippen LogP contribution in [-0.2, 0) is 0 Å². The van der Waals surface area contributed by atoms with E-state index in [9.17, 15) is 9.18 Å². The van der Waals surface area contributed by atoms with Gasteiger partial charge in [0, 0.05) is 4.47 Å². The average molecular weight is 375 g/mol. The van der Waals surface area contributed by atoms with Gasteiger partial charge in [-0.3, -0.25) is 4.79 Å². The maximum atomic E-state index is 13.7. The molecule has 0 bridgehead atoms. The van der Waals surface area contributed by atoms with E-state index in [-0.39, 0.29) is 11.5 Å². The van der Waals surface area contributed by atoms with E-state index in [0.717, 1.165) is 4.47 Å². The lowest BCUT2D eigenvalue weighted by molar-refractivity contribution is 0.0997. The third-order valence-corrected chi connectivity index (χ3v) is 3.72. The van der Waals surface area contributed by atoms with E-state index < -0.39 is 11.7 Å². The average Bonchev–Trinajstić information content (AvgIpc) is 3.00. The summed E-state index contributed by atoms with van der Waals surface area (Å²) in [6, 6.07) is 14.4. The van der Waals surface area contributed by atoms with Gasteiger partial charge in [-0.25, -0.2) is 4.39 Å². The van der Waals surface area contributed by atoms with Crippen molar-refractivity contribution in [1.29, 1.82) is 0 Å². The zero-order valence-corrected chi connectivity index (χ0v) is 13.4. The van der Waals surface area contributed by atoms with Crippen LogP contribution >= 0.6 is 15.9 Å². The minimum atomic E-state index is -0.457. The van der Waals surface area contributed by atoms with Crippen LogP contribution in [0, 0.1) is 5.82 Å². The smallest absolute Gasteiger partial charge is 0.291 e. The van der Waals surface area contributed by atoms with Crippen LogP contribution in [0.3, 0.4) is 0 Å². The fraction of sp³-hybridized carbons (Fsp3) is 0. The molecule has 0 saturated heterocycles. The zero-order valence-electron chi connectivity index (χ0n) is 11.8. The van der Waals surface area contributed by atoms with Gasteiger partial charge in [0.1, 0.15) is 11.6 Å². The lowest BCUT2D eigenvalue weighted by Crippen LogP contribution is -2.12. The third kappa shape index (κ3) is 3.27. The molecule has 0 unspecified atom stereocenters. The largest absolute Gasteiger partial charge is 0.451 e. The molecule has 0 spiro atoms. The summed E-state index contributed by atoms with van der Waals surface area (Å²) in [5, 5.41) is 2.66. The first-order valence-electron chi connectivity index (χ1n) is 6.76. The molecule has 0 saturated carbocycles. The van der Waals surface area contributed by atoms with Crippen molar-refractivity contribution in [3.05, 3.63) is 70.6 Å². The van der Waals surface area contributed by atoms with Gasteiger partial charge in [-0.05, 0) is 42.5 Å². The van der Waals surface area contributed by atoms with Crippen molar-refractivity contribution >= 4 is 33.2 Å². The normalized spacial score (nSPS) is 10.5. The van der Waals surface area contributed by atoms with Crippen LogP contribution in [0.2, 0.25) is 0 Å². The second-order valence-corrected chi connectivity index (χ2v) is 5.75. The molecule has 4 nitrogen and oxygen atoms in total. The molecule has 23 heavy (non-hydrogen) atoms. The first kappa shape index (κ1) is 15.3. The van der Waals surface area contributed by atoms with E-state index in [0.29, 0.717) is 16.9 Å². The number of rotatable bonds is 3. The number of furan rings is 1. The number of nitrogens with one attached hydrogen (secondary N) is 1. The highest BCUT2D eigenvalue weighted by Gasteiger charge is 2.15. The molecule has 0 aliphatic carbocycles. The highest BCUT2D eigenvalue weighted by molar-refractivity contribution is 9.10. The van der Waals surface area contributed by atoms with Gasteiger partial charge < -0.3 is 15.5 Å². The summed E-state index contributed by atoms with van der Waals surface area (Å²) < 4.78 is 20.0. The summed E-state index contributed by atoms with van der Waals surface area (Å²) in [5.41, 5.74) is 7.04. The van der Waals surface area contributed by atoms with Crippen molar-refractivity contribution in [1.82, 2.24) is 0 Å². The van der Waals surface area contributed by atoms with Gasteiger partial charge in [-0.15, -0.1) is 0 Å². The summed E-state index contributed by atoms with van der Waals surface area (Å²) in [6.07, 6.45) is 0.